The molecule has 0 radical (unpaired) electrons. The van der Waals surface area contributed by atoms with Crippen molar-refractivity contribution in [3.05, 3.63) is 11.1 Å². The third kappa shape index (κ3) is 2.89. The van der Waals surface area contributed by atoms with Crippen molar-refractivity contribution < 1.29 is 19.8 Å². The monoisotopic (exact) mass is 458 g/mol. The zero-order valence-corrected chi connectivity index (χ0v) is 22.3. The molecule has 0 spiro atoms. The summed E-state index contributed by atoms with van der Waals surface area (Å²) in [6, 6.07) is 0. The Balaban J connectivity index is 1.84. The topological polar surface area (TPSA) is 74.6 Å². The normalized spacial score (nSPS) is 48.3. The third-order valence-corrected chi connectivity index (χ3v) is 11.9. The van der Waals surface area contributed by atoms with Crippen LogP contribution in [-0.4, -0.2) is 34.0 Å². The summed E-state index contributed by atoms with van der Waals surface area (Å²) >= 11 is 0. The van der Waals surface area contributed by atoms with Crippen LogP contribution in [0.2, 0.25) is 0 Å². The van der Waals surface area contributed by atoms with Crippen LogP contribution >= 0.6 is 0 Å². The van der Waals surface area contributed by atoms with Gasteiger partial charge in [0.25, 0.3) is 0 Å². The van der Waals surface area contributed by atoms with Gasteiger partial charge in [0.15, 0.2) is 5.78 Å². The first-order valence-electron chi connectivity index (χ1n) is 13.2. The van der Waals surface area contributed by atoms with E-state index in [-0.39, 0.29) is 40.2 Å². The molecule has 4 nitrogen and oxygen atoms in total. The summed E-state index contributed by atoms with van der Waals surface area (Å²) in [5, 5.41) is 21.6. The molecule has 8 atom stereocenters. The molecule has 0 bridgehead atoms. The lowest BCUT2D eigenvalue weighted by Crippen LogP contribution is -2.65. The van der Waals surface area contributed by atoms with Crippen LogP contribution in [-0.2, 0) is 9.59 Å². The predicted molar refractivity (Wildman–Crippen MR) is 130 cm³/mol. The largest absolute Gasteiger partial charge is 0.390 e. The number of aliphatic hydroxyl groups excluding tert-OH is 2. The Kier molecular flexibility index (Phi) is 5.52. The van der Waals surface area contributed by atoms with Crippen LogP contribution in [0, 0.1) is 44.8 Å². The number of ketones is 2. The molecule has 33 heavy (non-hydrogen) atoms. The summed E-state index contributed by atoms with van der Waals surface area (Å²) in [6.07, 6.45) is 2.92. The van der Waals surface area contributed by atoms with Crippen molar-refractivity contribution >= 4 is 11.6 Å². The molecule has 0 heterocycles. The van der Waals surface area contributed by atoms with Crippen LogP contribution in [0.15, 0.2) is 11.1 Å². The molecule has 0 saturated heterocycles. The molecule has 0 aromatic rings. The molecule has 0 aromatic carbocycles. The van der Waals surface area contributed by atoms with Gasteiger partial charge in [0.2, 0.25) is 0 Å². The van der Waals surface area contributed by atoms with E-state index in [1.807, 2.05) is 6.92 Å². The van der Waals surface area contributed by atoms with Crippen molar-refractivity contribution in [3.63, 3.8) is 0 Å². The standard InChI is InChI=1S/C29H46O4/c1-16(2)17(3)29(9)22(31)15-28(8)19-10-11-21-25(4,5)23(32)20(30)14-26(21,6)18(19)12-13-27(28,7)24(29)33/h16-17,20-21,23,30,32H,10-15H2,1-9H3. The number of allylic oxidation sites excluding steroid dienone is 2. The van der Waals surface area contributed by atoms with E-state index in [0.717, 1.165) is 25.7 Å². The Morgan fingerprint density at radius 1 is 0.879 bits per heavy atom. The van der Waals surface area contributed by atoms with Gasteiger partial charge in [0.05, 0.1) is 17.6 Å². The van der Waals surface area contributed by atoms with E-state index in [2.05, 4.69) is 55.4 Å². The molecular formula is C29H46O4. The fourth-order valence-corrected chi connectivity index (χ4v) is 9.05. The molecule has 0 amide bonds. The van der Waals surface area contributed by atoms with Crippen molar-refractivity contribution in [1.82, 2.24) is 0 Å². The van der Waals surface area contributed by atoms with E-state index in [1.54, 1.807) is 0 Å². The van der Waals surface area contributed by atoms with Gasteiger partial charge in [-0.3, -0.25) is 9.59 Å². The lowest BCUT2D eigenvalue weighted by Gasteiger charge is -2.64. The van der Waals surface area contributed by atoms with Crippen LogP contribution in [0.5, 0.6) is 0 Å². The zero-order valence-electron chi connectivity index (χ0n) is 22.3. The average Bonchev–Trinajstić information content (AvgIpc) is 2.72. The molecule has 186 valence electrons. The lowest BCUT2D eigenvalue weighted by atomic mass is 9.38. The van der Waals surface area contributed by atoms with E-state index in [4.69, 9.17) is 0 Å². The molecule has 4 heteroatoms. The van der Waals surface area contributed by atoms with E-state index in [0.29, 0.717) is 12.8 Å². The van der Waals surface area contributed by atoms with Crippen molar-refractivity contribution in [2.45, 2.75) is 113 Å². The summed E-state index contributed by atoms with van der Waals surface area (Å²) in [5.41, 5.74) is 0.158. The summed E-state index contributed by atoms with van der Waals surface area (Å²) < 4.78 is 0. The van der Waals surface area contributed by atoms with Gasteiger partial charge in [-0.1, -0.05) is 66.5 Å². The molecule has 0 aliphatic heterocycles. The number of hydrogen-bond acceptors (Lipinski definition) is 4. The van der Waals surface area contributed by atoms with Gasteiger partial charge in [0, 0.05) is 17.3 Å². The second-order valence-corrected chi connectivity index (χ2v) is 13.8. The highest BCUT2D eigenvalue weighted by atomic mass is 16.3. The number of aliphatic hydroxyl groups is 2. The van der Waals surface area contributed by atoms with Gasteiger partial charge < -0.3 is 10.2 Å². The van der Waals surface area contributed by atoms with Crippen LogP contribution in [0.3, 0.4) is 0 Å². The van der Waals surface area contributed by atoms with Gasteiger partial charge in [-0.15, -0.1) is 0 Å². The summed E-state index contributed by atoms with van der Waals surface area (Å²) in [6.45, 7) is 19.0. The Morgan fingerprint density at radius 3 is 2.06 bits per heavy atom. The smallest absolute Gasteiger partial charge is 0.153 e. The van der Waals surface area contributed by atoms with Gasteiger partial charge in [0.1, 0.15) is 5.78 Å². The molecule has 2 fully saturated rings. The van der Waals surface area contributed by atoms with Crippen LogP contribution in [0.1, 0.15) is 101 Å². The fourth-order valence-electron chi connectivity index (χ4n) is 9.05. The SMILES string of the molecule is CC(C)C(C)C1(C)C(=O)CC2(C)C3=C(CCC2(C)C1=O)C1(C)CC(O)C(O)C(C)(C)C1CC3. The highest BCUT2D eigenvalue weighted by Gasteiger charge is 2.68. The van der Waals surface area contributed by atoms with E-state index in [1.165, 1.54) is 11.1 Å². The Morgan fingerprint density at radius 2 is 1.48 bits per heavy atom. The summed E-state index contributed by atoms with van der Waals surface area (Å²) in [7, 11) is 0. The molecular weight excluding hydrogens is 412 g/mol. The minimum absolute atomic E-state index is 0.0123. The summed E-state index contributed by atoms with van der Waals surface area (Å²) in [5.74, 6) is 0.804. The van der Waals surface area contributed by atoms with Gasteiger partial charge in [-0.05, 0) is 67.6 Å². The van der Waals surface area contributed by atoms with E-state index in [9.17, 15) is 19.8 Å². The second kappa shape index (κ2) is 7.26. The van der Waals surface area contributed by atoms with Gasteiger partial charge in [-0.2, -0.15) is 0 Å². The Labute approximate surface area is 200 Å². The molecule has 8 unspecified atom stereocenters. The number of fused-ring (bicyclic) bond motifs is 4. The first-order chi connectivity index (χ1) is 15.0. The van der Waals surface area contributed by atoms with Crippen molar-refractivity contribution in [3.8, 4) is 0 Å². The number of rotatable bonds is 2. The Hall–Kier alpha value is -1.00. The molecule has 4 aliphatic rings. The van der Waals surface area contributed by atoms with E-state index >= 15 is 0 Å². The van der Waals surface area contributed by atoms with Gasteiger partial charge >= 0.3 is 0 Å². The molecule has 4 rings (SSSR count). The van der Waals surface area contributed by atoms with Crippen molar-refractivity contribution in [2.24, 2.45) is 44.8 Å². The van der Waals surface area contributed by atoms with Crippen LogP contribution < -0.4 is 0 Å². The number of carbonyl (C=O) groups is 2. The van der Waals surface area contributed by atoms with Crippen LogP contribution in [0.4, 0.5) is 0 Å². The maximum absolute atomic E-state index is 14.3. The molecule has 0 aromatic heterocycles. The maximum atomic E-state index is 14.3. The van der Waals surface area contributed by atoms with Crippen LogP contribution in [0.25, 0.3) is 0 Å². The van der Waals surface area contributed by atoms with Crippen molar-refractivity contribution in [2.75, 3.05) is 0 Å². The first-order valence-corrected chi connectivity index (χ1v) is 13.2. The third-order valence-electron chi connectivity index (χ3n) is 11.9. The number of carbonyl (C=O) groups excluding carboxylic acids is 2. The predicted octanol–water partition coefficient (Wildman–Crippen LogP) is 5.50. The minimum atomic E-state index is -0.922. The quantitative estimate of drug-likeness (QED) is 0.423. The molecule has 4 aliphatic carbocycles. The number of hydrogen-bond donors (Lipinski definition) is 2. The fraction of sp³-hybridized carbons (Fsp3) is 0.862. The average molecular weight is 459 g/mol. The highest BCUT2D eigenvalue weighted by Crippen LogP contribution is 2.70. The highest BCUT2D eigenvalue weighted by molar-refractivity contribution is 6.12. The molecule has 2 N–H and O–H groups in total. The minimum Gasteiger partial charge on any atom is -0.390 e. The number of Topliss-reactive ketones (excluding diaryl/α,β-unsaturated/α-hetero) is 2. The second-order valence-electron chi connectivity index (χ2n) is 13.8. The van der Waals surface area contributed by atoms with Crippen molar-refractivity contribution in [1.29, 1.82) is 0 Å². The Bertz CT molecular complexity index is 915. The van der Waals surface area contributed by atoms with Gasteiger partial charge in [-0.25, -0.2) is 0 Å². The lowest BCUT2D eigenvalue weighted by molar-refractivity contribution is -0.171. The maximum Gasteiger partial charge on any atom is 0.153 e. The molecule has 2 saturated carbocycles. The summed E-state index contributed by atoms with van der Waals surface area (Å²) in [4.78, 5) is 28.1. The van der Waals surface area contributed by atoms with E-state index < -0.39 is 28.5 Å². The first kappa shape index (κ1) is 25.1. The zero-order chi connectivity index (χ0) is 24.9.